The van der Waals surface area contributed by atoms with Crippen LogP contribution in [-0.2, 0) is 0 Å². The van der Waals surface area contributed by atoms with Gasteiger partial charge in [0.1, 0.15) is 18.1 Å². The molecule has 0 spiro atoms. The van der Waals surface area contributed by atoms with Crippen LogP contribution in [0.5, 0.6) is 5.75 Å². The van der Waals surface area contributed by atoms with Gasteiger partial charge in [0.15, 0.2) is 0 Å². The Morgan fingerprint density at radius 1 is 1.26 bits per heavy atom. The fourth-order valence-electron chi connectivity index (χ4n) is 2.41. The summed E-state index contributed by atoms with van der Waals surface area (Å²) in [5.41, 5.74) is 1.24. The van der Waals surface area contributed by atoms with Crippen LogP contribution in [0, 0.1) is 0 Å². The Morgan fingerprint density at radius 2 is 1.96 bits per heavy atom. The molecule has 0 atom stereocenters. The normalized spacial score (nSPS) is 10.8. The van der Waals surface area contributed by atoms with Gasteiger partial charge in [-0.05, 0) is 43.2 Å². The zero-order chi connectivity index (χ0) is 16.7. The number of rotatable bonds is 8. The van der Waals surface area contributed by atoms with E-state index >= 15 is 0 Å². The Balaban J connectivity index is 2.06. The monoisotopic (exact) mass is 317 g/mol. The third-order valence-corrected chi connectivity index (χ3v) is 3.66. The molecule has 0 aliphatic rings. The molecule has 1 amide bonds. The molecule has 0 fully saturated rings. The standard InChI is InChI=1S/C17H23N3O3/c1-3-14(4-2)20-16(9-10-18-20)17(22)19-13-5-7-15(8-6-13)23-12-11-21/h5-10,14,21H,3-4,11-12H2,1-2H3,(H,19,22). The number of hydrogen-bond donors (Lipinski definition) is 2. The maximum Gasteiger partial charge on any atom is 0.273 e. The highest BCUT2D eigenvalue weighted by Gasteiger charge is 2.17. The summed E-state index contributed by atoms with van der Waals surface area (Å²) < 4.78 is 7.08. The van der Waals surface area contributed by atoms with Crippen molar-refractivity contribution in [1.29, 1.82) is 0 Å². The summed E-state index contributed by atoms with van der Waals surface area (Å²) in [6.07, 6.45) is 3.50. The highest BCUT2D eigenvalue weighted by atomic mass is 16.5. The fraction of sp³-hybridized carbons (Fsp3) is 0.412. The minimum absolute atomic E-state index is 0.0293. The maximum absolute atomic E-state index is 12.5. The van der Waals surface area contributed by atoms with E-state index in [2.05, 4.69) is 24.3 Å². The summed E-state index contributed by atoms with van der Waals surface area (Å²) >= 11 is 0. The lowest BCUT2D eigenvalue weighted by Crippen LogP contribution is -2.20. The van der Waals surface area contributed by atoms with E-state index in [1.807, 2.05) is 0 Å². The largest absolute Gasteiger partial charge is 0.491 e. The Hall–Kier alpha value is -2.34. The maximum atomic E-state index is 12.5. The van der Waals surface area contributed by atoms with E-state index < -0.39 is 0 Å². The van der Waals surface area contributed by atoms with Gasteiger partial charge in [-0.1, -0.05) is 13.8 Å². The van der Waals surface area contributed by atoms with Gasteiger partial charge in [0, 0.05) is 11.9 Å². The molecule has 2 rings (SSSR count). The molecule has 23 heavy (non-hydrogen) atoms. The van der Waals surface area contributed by atoms with Gasteiger partial charge in [-0.25, -0.2) is 0 Å². The molecule has 6 nitrogen and oxygen atoms in total. The van der Waals surface area contributed by atoms with E-state index in [9.17, 15) is 4.79 Å². The number of nitrogens with zero attached hydrogens (tertiary/aromatic N) is 2. The van der Waals surface area contributed by atoms with Gasteiger partial charge in [0.2, 0.25) is 0 Å². The number of aromatic nitrogens is 2. The predicted molar refractivity (Wildman–Crippen MR) is 88.8 cm³/mol. The number of aliphatic hydroxyl groups excluding tert-OH is 1. The number of nitrogens with one attached hydrogen (secondary N) is 1. The van der Waals surface area contributed by atoms with Crippen molar-refractivity contribution in [1.82, 2.24) is 9.78 Å². The van der Waals surface area contributed by atoms with Crippen LogP contribution in [0.15, 0.2) is 36.5 Å². The number of benzene rings is 1. The Labute approximate surface area is 136 Å². The first-order valence-electron chi connectivity index (χ1n) is 7.88. The van der Waals surface area contributed by atoms with Crippen molar-refractivity contribution in [3.8, 4) is 5.75 Å². The summed E-state index contributed by atoms with van der Waals surface area (Å²) in [5, 5.41) is 15.9. The first kappa shape index (κ1) is 17.0. The highest BCUT2D eigenvalue weighted by Crippen LogP contribution is 2.19. The lowest BCUT2D eigenvalue weighted by atomic mass is 10.1. The second-order valence-corrected chi connectivity index (χ2v) is 5.18. The number of carbonyl (C=O) groups excluding carboxylic acids is 1. The van der Waals surface area contributed by atoms with Crippen LogP contribution >= 0.6 is 0 Å². The molecule has 6 heteroatoms. The summed E-state index contributed by atoms with van der Waals surface area (Å²) in [6.45, 7) is 4.39. The smallest absolute Gasteiger partial charge is 0.273 e. The average molecular weight is 317 g/mol. The first-order valence-corrected chi connectivity index (χ1v) is 7.88. The first-order chi connectivity index (χ1) is 11.2. The summed E-state index contributed by atoms with van der Waals surface area (Å²) in [4.78, 5) is 12.5. The van der Waals surface area contributed by atoms with E-state index in [-0.39, 0.29) is 25.2 Å². The van der Waals surface area contributed by atoms with Gasteiger partial charge in [0.05, 0.1) is 12.6 Å². The second kappa shape index (κ2) is 8.33. The lowest BCUT2D eigenvalue weighted by Gasteiger charge is -2.16. The summed E-state index contributed by atoms with van der Waals surface area (Å²) in [5.74, 6) is 0.470. The van der Waals surface area contributed by atoms with E-state index in [1.165, 1.54) is 0 Å². The lowest BCUT2D eigenvalue weighted by molar-refractivity contribution is 0.101. The van der Waals surface area contributed by atoms with Crippen molar-refractivity contribution < 1.29 is 14.6 Å². The van der Waals surface area contributed by atoms with E-state index in [1.54, 1.807) is 41.2 Å². The Morgan fingerprint density at radius 3 is 2.57 bits per heavy atom. The predicted octanol–water partition coefficient (Wildman–Crippen LogP) is 2.87. The summed E-state index contributed by atoms with van der Waals surface area (Å²) in [6, 6.07) is 8.99. The third kappa shape index (κ3) is 4.32. The molecule has 1 aromatic carbocycles. The van der Waals surface area contributed by atoms with E-state index in [0.717, 1.165) is 12.8 Å². The van der Waals surface area contributed by atoms with Crippen LogP contribution in [0.4, 0.5) is 5.69 Å². The van der Waals surface area contributed by atoms with Crippen LogP contribution in [0.25, 0.3) is 0 Å². The SMILES string of the molecule is CCC(CC)n1nccc1C(=O)Nc1ccc(OCCO)cc1. The molecule has 124 valence electrons. The minimum atomic E-state index is -0.182. The quantitative estimate of drug-likeness (QED) is 0.785. The minimum Gasteiger partial charge on any atom is -0.491 e. The fourth-order valence-corrected chi connectivity index (χ4v) is 2.41. The van der Waals surface area contributed by atoms with Crippen LogP contribution in [0.3, 0.4) is 0 Å². The van der Waals surface area contributed by atoms with Gasteiger partial charge < -0.3 is 15.2 Å². The van der Waals surface area contributed by atoms with Crippen molar-refractivity contribution in [2.45, 2.75) is 32.7 Å². The molecule has 2 N–H and O–H groups in total. The molecule has 0 saturated heterocycles. The molecule has 1 aromatic heterocycles. The molecular formula is C17H23N3O3. The van der Waals surface area contributed by atoms with Crippen molar-refractivity contribution in [3.63, 3.8) is 0 Å². The van der Waals surface area contributed by atoms with E-state index in [0.29, 0.717) is 17.1 Å². The van der Waals surface area contributed by atoms with Gasteiger partial charge >= 0.3 is 0 Å². The molecular weight excluding hydrogens is 294 g/mol. The van der Waals surface area contributed by atoms with Crippen molar-refractivity contribution in [2.75, 3.05) is 18.5 Å². The highest BCUT2D eigenvalue weighted by molar-refractivity contribution is 6.03. The molecule has 0 saturated carbocycles. The Bertz CT molecular complexity index is 618. The van der Waals surface area contributed by atoms with Gasteiger partial charge in [0.25, 0.3) is 5.91 Å². The van der Waals surface area contributed by atoms with Gasteiger partial charge in [-0.3, -0.25) is 9.48 Å². The number of hydrogen-bond acceptors (Lipinski definition) is 4. The van der Waals surface area contributed by atoms with Crippen molar-refractivity contribution in [2.24, 2.45) is 0 Å². The second-order valence-electron chi connectivity index (χ2n) is 5.18. The summed E-state index contributed by atoms with van der Waals surface area (Å²) in [7, 11) is 0. The van der Waals surface area contributed by atoms with Crippen molar-refractivity contribution >= 4 is 11.6 Å². The number of amides is 1. The Kier molecular flexibility index (Phi) is 6.17. The molecule has 0 aliphatic heterocycles. The molecule has 2 aromatic rings. The topological polar surface area (TPSA) is 76.4 Å². The third-order valence-electron chi connectivity index (χ3n) is 3.66. The molecule has 0 unspecified atom stereocenters. The molecule has 0 bridgehead atoms. The number of carbonyl (C=O) groups is 1. The van der Waals surface area contributed by atoms with Crippen LogP contribution in [0.2, 0.25) is 0 Å². The number of aliphatic hydroxyl groups is 1. The molecule has 0 aliphatic carbocycles. The average Bonchev–Trinajstić information content (AvgIpc) is 3.05. The number of anilines is 1. The molecule has 1 heterocycles. The zero-order valence-electron chi connectivity index (χ0n) is 13.5. The van der Waals surface area contributed by atoms with Crippen molar-refractivity contribution in [3.05, 3.63) is 42.2 Å². The van der Waals surface area contributed by atoms with Crippen LogP contribution in [-0.4, -0.2) is 34.0 Å². The number of ether oxygens (including phenoxy) is 1. The zero-order valence-corrected chi connectivity index (χ0v) is 13.5. The van der Waals surface area contributed by atoms with Crippen LogP contribution in [0.1, 0.15) is 43.2 Å². The van der Waals surface area contributed by atoms with Gasteiger partial charge in [-0.15, -0.1) is 0 Å². The molecule has 0 radical (unpaired) electrons. The van der Waals surface area contributed by atoms with Crippen LogP contribution < -0.4 is 10.1 Å². The van der Waals surface area contributed by atoms with E-state index in [4.69, 9.17) is 9.84 Å². The van der Waals surface area contributed by atoms with Gasteiger partial charge in [-0.2, -0.15) is 5.10 Å².